The first-order valence-corrected chi connectivity index (χ1v) is 5.53. The summed E-state index contributed by atoms with van der Waals surface area (Å²) < 4.78 is 33.5. The van der Waals surface area contributed by atoms with E-state index in [0.29, 0.717) is 11.8 Å². The number of benzene rings is 1. The topological polar surface area (TPSA) is 68.5 Å². The zero-order valence-corrected chi connectivity index (χ0v) is 9.94. The first kappa shape index (κ1) is 12.3. The number of carboxylic acid groups (broad SMARTS) is 1. The van der Waals surface area contributed by atoms with Gasteiger partial charge in [-0.15, -0.1) is 0 Å². The van der Waals surface area contributed by atoms with Crippen LogP contribution < -0.4 is 10.2 Å². The second-order valence-electron chi connectivity index (χ2n) is 4.30. The number of rotatable bonds is 1. The van der Waals surface area contributed by atoms with E-state index in [0.717, 1.165) is 6.20 Å². The number of aromatic nitrogens is 1. The van der Waals surface area contributed by atoms with E-state index in [4.69, 9.17) is 9.84 Å². The predicted octanol–water partition coefficient (Wildman–Crippen LogP) is 1.84. The molecular weight excluding hydrogens is 272 g/mol. The number of hydrogen-bond acceptors (Lipinski definition) is 3. The van der Waals surface area contributed by atoms with Gasteiger partial charge < -0.3 is 14.4 Å². The van der Waals surface area contributed by atoms with Crippen LogP contribution in [0.2, 0.25) is 0 Å². The van der Waals surface area contributed by atoms with Crippen LogP contribution in [-0.4, -0.2) is 22.2 Å². The minimum atomic E-state index is -1.45. The van der Waals surface area contributed by atoms with Gasteiger partial charge in [0.05, 0.1) is 11.1 Å². The number of nitrogens with zero attached hydrogens (tertiary/aromatic N) is 1. The SMILES string of the molecule is C=C1COc2c(F)c(F)cc3c(=O)c(C(=O)O)cn1c23. The van der Waals surface area contributed by atoms with E-state index < -0.39 is 34.3 Å². The number of hydrogen-bond donors (Lipinski definition) is 1. The summed E-state index contributed by atoms with van der Waals surface area (Å²) in [5, 5.41) is 8.74. The van der Waals surface area contributed by atoms with Crippen LogP contribution in [0.25, 0.3) is 16.6 Å². The van der Waals surface area contributed by atoms with Crippen LogP contribution in [0.5, 0.6) is 5.75 Å². The van der Waals surface area contributed by atoms with E-state index in [1.165, 1.54) is 4.57 Å². The second kappa shape index (κ2) is 3.89. The monoisotopic (exact) mass is 279 g/mol. The maximum absolute atomic E-state index is 13.7. The Balaban J connectivity index is 2.61. The second-order valence-corrected chi connectivity index (χ2v) is 4.30. The molecule has 0 fully saturated rings. The van der Waals surface area contributed by atoms with Gasteiger partial charge in [-0.3, -0.25) is 4.79 Å². The first-order chi connectivity index (χ1) is 9.41. The van der Waals surface area contributed by atoms with Crippen LogP contribution in [-0.2, 0) is 0 Å². The largest absolute Gasteiger partial charge is 0.482 e. The van der Waals surface area contributed by atoms with Gasteiger partial charge in [-0.2, -0.15) is 4.39 Å². The molecule has 0 bridgehead atoms. The molecule has 0 aliphatic carbocycles. The standard InChI is InChI=1S/C13H7F2NO4/c1-5-4-20-12-9(15)8(14)2-6-10(12)16(5)3-7(11(6)17)13(18)19/h2-3H,1,4H2,(H,18,19). The predicted molar refractivity (Wildman–Crippen MR) is 65.9 cm³/mol. The highest BCUT2D eigenvalue weighted by Crippen LogP contribution is 2.34. The molecule has 20 heavy (non-hydrogen) atoms. The molecule has 1 N–H and O–H groups in total. The number of carbonyl (C=O) groups is 1. The molecule has 0 spiro atoms. The van der Waals surface area contributed by atoms with Crippen molar-refractivity contribution in [1.82, 2.24) is 4.57 Å². The zero-order chi connectivity index (χ0) is 14.6. The van der Waals surface area contributed by atoms with Crippen molar-refractivity contribution in [3.05, 3.63) is 46.3 Å². The molecule has 0 unspecified atom stereocenters. The highest BCUT2D eigenvalue weighted by Gasteiger charge is 2.26. The Morgan fingerprint density at radius 2 is 2.15 bits per heavy atom. The van der Waals surface area contributed by atoms with Crippen molar-refractivity contribution >= 4 is 22.6 Å². The van der Waals surface area contributed by atoms with Crippen molar-refractivity contribution < 1.29 is 23.4 Å². The van der Waals surface area contributed by atoms with Crippen molar-refractivity contribution in [2.45, 2.75) is 0 Å². The minimum Gasteiger partial charge on any atom is -0.482 e. The van der Waals surface area contributed by atoms with Gasteiger partial charge in [0.15, 0.2) is 11.6 Å². The molecule has 2 heterocycles. The molecule has 7 heteroatoms. The lowest BCUT2D eigenvalue weighted by Crippen LogP contribution is -2.23. The molecule has 5 nitrogen and oxygen atoms in total. The maximum Gasteiger partial charge on any atom is 0.341 e. The highest BCUT2D eigenvalue weighted by molar-refractivity contribution is 5.96. The third kappa shape index (κ3) is 1.46. The first-order valence-electron chi connectivity index (χ1n) is 5.53. The van der Waals surface area contributed by atoms with E-state index in [1.807, 2.05) is 0 Å². The normalized spacial score (nSPS) is 13.4. The molecule has 3 rings (SSSR count). The number of carboxylic acids is 1. The summed E-state index contributed by atoms with van der Waals surface area (Å²) in [5.74, 6) is -4.36. The summed E-state index contributed by atoms with van der Waals surface area (Å²) in [5.41, 5.74) is -1.15. The number of aromatic carboxylic acids is 1. The fourth-order valence-corrected chi connectivity index (χ4v) is 2.16. The van der Waals surface area contributed by atoms with Gasteiger partial charge in [0.2, 0.25) is 11.2 Å². The van der Waals surface area contributed by atoms with Gasteiger partial charge in [-0.05, 0) is 6.07 Å². The van der Waals surface area contributed by atoms with E-state index in [9.17, 15) is 18.4 Å². The number of halogens is 2. The number of pyridine rings is 1. The van der Waals surface area contributed by atoms with Crippen LogP contribution in [0.15, 0.2) is 23.6 Å². The lowest BCUT2D eigenvalue weighted by atomic mass is 10.1. The molecule has 0 amide bonds. The van der Waals surface area contributed by atoms with E-state index in [1.54, 1.807) is 0 Å². The average Bonchev–Trinajstić information content (AvgIpc) is 2.39. The van der Waals surface area contributed by atoms with E-state index in [2.05, 4.69) is 6.58 Å². The van der Waals surface area contributed by atoms with Crippen LogP contribution in [0.1, 0.15) is 10.4 Å². The van der Waals surface area contributed by atoms with E-state index in [-0.39, 0.29) is 17.5 Å². The molecule has 0 saturated carbocycles. The maximum atomic E-state index is 13.7. The molecule has 0 saturated heterocycles. The Bertz CT molecular complexity index is 854. The average molecular weight is 279 g/mol. The summed E-state index contributed by atoms with van der Waals surface area (Å²) in [6.45, 7) is 3.51. The fraction of sp³-hybridized carbons (Fsp3) is 0.0769. The van der Waals surface area contributed by atoms with Gasteiger partial charge >= 0.3 is 5.97 Å². The van der Waals surface area contributed by atoms with Crippen molar-refractivity contribution in [3.63, 3.8) is 0 Å². The van der Waals surface area contributed by atoms with Gasteiger partial charge in [-0.25, -0.2) is 9.18 Å². The molecule has 2 aromatic rings. The van der Waals surface area contributed by atoms with Crippen molar-refractivity contribution in [3.8, 4) is 5.75 Å². The number of ether oxygens (including phenoxy) is 1. The smallest absolute Gasteiger partial charge is 0.341 e. The quantitative estimate of drug-likeness (QED) is 0.864. The Hall–Kier alpha value is -2.70. The Morgan fingerprint density at radius 1 is 1.45 bits per heavy atom. The summed E-state index contributed by atoms with van der Waals surface area (Å²) in [7, 11) is 0. The zero-order valence-electron chi connectivity index (χ0n) is 9.94. The van der Waals surface area contributed by atoms with Crippen LogP contribution in [0, 0.1) is 11.6 Å². The van der Waals surface area contributed by atoms with Crippen LogP contribution in [0.4, 0.5) is 8.78 Å². The molecule has 0 radical (unpaired) electrons. The summed E-state index contributed by atoms with van der Waals surface area (Å²) in [4.78, 5) is 23.1. The van der Waals surface area contributed by atoms with Crippen molar-refractivity contribution in [1.29, 1.82) is 0 Å². The van der Waals surface area contributed by atoms with Crippen molar-refractivity contribution in [2.24, 2.45) is 0 Å². The fourth-order valence-electron chi connectivity index (χ4n) is 2.16. The summed E-state index contributed by atoms with van der Waals surface area (Å²) in [6.07, 6.45) is 1.04. The summed E-state index contributed by atoms with van der Waals surface area (Å²) in [6, 6.07) is 0.668. The molecule has 0 atom stereocenters. The van der Waals surface area contributed by atoms with Crippen LogP contribution in [0.3, 0.4) is 0 Å². The minimum absolute atomic E-state index is 0.0184. The third-order valence-corrected chi connectivity index (χ3v) is 3.09. The lowest BCUT2D eigenvalue weighted by Gasteiger charge is -2.23. The molecule has 1 aliphatic heterocycles. The van der Waals surface area contributed by atoms with Gasteiger partial charge in [-0.1, -0.05) is 6.58 Å². The molecule has 1 aromatic carbocycles. The molecule has 1 aliphatic rings. The third-order valence-electron chi connectivity index (χ3n) is 3.09. The van der Waals surface area contributed by atoms with Crippen LogP contribution >= 0.6 is 0 Å². The molecule has 102 valence electrons. The lowest BCUT2D eigenvalue weighted by molar-refractivity contribution is 0.0695. The Labute approximate surface area is 110 Å². The van der Waals surface area contributed by atoms with Gasteiger partial charge in [0, 0.05) is 6.20 Å². The van der Waals surface area contributed by atoms with Gasteiger partial charge in [0.1, 0.15) is 17.7 Å². The molecule has 1 aromatic heterocycles. The van der Waals surface area contributed by atoms with Crippen molar-refractivity contribution in [2.75, 3.05) is 6.61 Å². The Morgan fingerprint density at radius 3 is 2.80 bits per heavy atom. The van der Waals surface area contributed by atoms with Gasteiger partial charge in [0.25, 0.3) is 0 Å². The Kier molecular flexibility index (Phi) is 2.40. The van der Waals surface area contributed by atoms with E-state index >= 15 is 0 Å². The molecular formula is C13H7F2NO4. The summed E-state index contributed by atoms with van der Waals surface area (Å²) >= 11 is 0. The highest BCUT2D eigenvalue weighted by atomic mass is 19.2.